The number of hydrogen-bond acceptors (Lipinski definition) is 3. The van der Waals surface area contributed by atoms with Crippen molar-refractivity contribution in [3.05, 3.63) is 23.8 Å². The molecule has 0 aliphatic carbocycles. The van der Waals surface area contributed by atoms with E-state index < -0.39 is 0 Å². The molecule has 38 heavy (non-hydrogen) atoms. The third-order valence-corrected chi connectivity index (χ3v) is 8.37. The van der Waals surface area contributed by atoms with Gasteiger partial charge in [0.15, 0.2) is 0 Å². The van der Waals surface area contributed by atoms with Crippen molar-refractivity contribution in [3.8, 4) is 0 Å². The zero-order chi connectivity index (χ0) is 27.1. The molecule has 1 saturated heterocycles. The molecule has 0 N–H and O–H groups in total. The zero-order valence-corrected chi connectivity index (χ0v) is 25.4. The third-order valence-electron chi connectivity index (χ3n) is 8.37. The van der Waals surface area contributed by atoms with E-state index in [1.165, 1.54) is 148 Å². The Labute approximate surface area is 236 Å². The molecule has 0 radical (unpaired) electrons. The quantitative estimate of drug-likeness (QED) is 0.0459. The predicted molar refractivity (Wildman–Crippen MR) is 163 cm³/mol. The highest BCUT2D eigenvalue weighted by atomic mass is 16.6. The molecule has 0 amide bonds. The van der Waals surface area contributed by atoms with Gasteiger partial charge in [-0.05, 0) is 57.9 Å². The van der Waals surface area contributed by atoms with E-state index in [2.05, 4.69) is 19.1 Å². The molecule has 3 heteroatoms. The summed E-state index contributed by atoms with van der Waals surface area (Å²) in [7, 11) is 0. The van der Waals surface area contributed by atoms with Crippen LogP contribution in [0.2, 0.25) is 0 Å². The Hall–Kier alpha value is -1.09. The maximum Gasteiger partial charge on any atom is 0.334 e. The van der Waals surface area contributed by atoms with Crippen LogP contribution in [0.1, 0.15) is 174 Å². The highest BCUT2D eigenvalue weighted by Gasteiger charge is 2.36. The maximum absolute atomic E-state index is 11.6. The van der Waals surface area contributed by atoms with Gasteiger partial charge in [-0.15, -0.1) is 0 Å². The van der Waals surface area contributed by atoms with Gasteiger partial charge in [0.2, 0.25) is 0 Å². The van der Waals surface area contributed by atoms with Crippen LogP contribution >= 0.6 is 0 Å². The lowest BCUT2D eigenvalue weighted by atomic mass is 10.0. The number of rotatable bonds is 27. The minimum atomic E-state index is -0.0964. The standard InChI is InChI=1S/C35H62O3/c1-3-4-5-6-7-8-9-10-11-12-13-14-15-19-22-25-28-33-34(38-33)29-26-23-20-17-16-18-21-24-27-32-30-31(2)37-35(32)36/h19,22,30-31,33-34H,3-18,20-21,23-29H2,1-2H3/b22-19-/t31-,33-,34-/m1/s1. The fourth-order valence-electron chi connectivity index (χ4n) is 5.82. The third kappa shape index (κ3) is 17.5. The van der Waals surface area contributed by atoms with Crippen molar-refractivity contribution < 1.29 is 14.3 Å². The Bertz CT molecular complexity index is 637. The fourth-order valence-corrected chi connectivity index (χ4v) is 5.82. The molecule has 220 valence electrons. The summed E-state index contributed by atoms with van der Waals surface area (Å²) in [6.45, 7) is 4.22. The minimum absolute atomic E-state index is 0.0237. The number of carbonyl (C=O) groups is 1. The summed E-state index contributed by atoms with van der Waals surface area (Å²) in [5, 5.41) is 0. The van der Waals surface area contributed by atoms with Gasteiger partial charge in [0.25, 0.3) is 0 Å². The summed E-state index contributed by atoms with van der Waals surface area (Å²) in [5.41, 5.74) is 0.893. The van der Waals surface area contributed by atoms with Gasteiger partial charge in [-0.3, -0.25) is 0 Å². The van der Waals surface area contributed by atoms with Crippen molar-refractivity contribution in [2.45, 2.75) is 193 Å². The van der Waals surface area contributed by atoms with Crippen LogP contribution in [-0.2, 0) is 14.3 Å². The van der Waals surface area contributed by atoms with Gasteiger partial charge in [0, 0.05) is 5.57 Å². The highest BCUT2D eigenvalue weighted by Crippen LogP contribution is 2.31. The normalized spacial score (nSPS) is 20.8. The maximum atomic E-state index is 11.6. The Morgan fingerprint density at radius 2 is 1.13 bits per heavy atom. The van der Waals surface area contributed by atoms with Gasteiger partial charge in [-0.2, -0.15) is 0 Å². The van der Waals surface area contributed by atoms with E-state index in [4.69, 9.17) is 9.47 Å². The van der Waals surface area contributed by atoms with E-state index in [9.17, 15) is 4.79 Å². The largest absolute Gasteiger partial charge is 0.455 e. The molecule has 0 bridgehead atoms. The summed E-state index contributed by atoms with van der Waals surface area (Å²) in [4.78, 5) is 11.6. The second kappa shape index (κ2) is 22.7. The first-order valence-corrected chi connectivity index (χ1v) is 16.9. The Morgan fingerprint density at radius 3 is 1.71 bits per heavy atom. The molecule has 2 heterocycles. The number of epoxide rings is 1. The van der Waals surface area contributed by atoms with Crippen molar-refractivity contribution in [2.24, 2.45) is 0 Å². The van der Waals surface area contributed by atoms with Crippen LogP contribution in [0.25, 0.3) is 0 Å². The molecule has 1 fully saturated rings. The molecule has 0 aromatic heterocycles. The highest BCUT2D eigenvalue weighted by molar-refractivity contribution is 5.90. The molecule has 0 saturated carbocycles. The number of unbranched alkanes of at least 4 members (excludes halogenated alkanes) is 19. The molecule has 2 rings (SSSR count). The number of allylic oxidation sites excluding steroid dienone is 2. The average Bonchev–Trinajstić information content (AvgIpc) is 3.58. The SMILES string of the molecule is CCCCCCCCCCCCCC/C=C\CC[C@H]1O[C@@H]1CCCCCCCCCCC1=C[C@@H](C)OC1=O. The second-order valence-electron chi connectivity index (χ2n) is 12.1. The van der Waals surface area contributed by atoms with Gasteiger partial charge < -0.3 is 9.47 Å². The fraction of sp³-hybridized carbons (Fsp3) is 0.857. The molecular formula is C35H62O3. The summed E-state index contributed by atoms with van der Waals surface area (Å²) in [6.07, 6.45) is 41.2. The molecule has 3 atom stereocenters. The summed E-state index contributed by atoms with van der Waals surface area (Å²) >= 11 is 0. The van der Waals surface area contributed by atoms with Crippen LogP contribution in [-0.4, -0.2) is 24.3 Å². The molecule has 3 nitrogen and oxygen atoms in total. The average molecular weight is 531 g/mol. The lowest BCUT2D eigenvalue weighted by Gasteiger charge is -2.02. The van der Waals surface area contributed by atoms with Crippen molar-refractivity contribution in [1.82, 2.24) is 0 Å². The lowest BCUT2D eigenvalue weighted by molar-refractivity contribution is -0.139. The van der Waals surface area contributed by atoms with Gasteiger partial charge in [0.05, 0.1) is 12.2 Å². The van der Waals surface area contributed by atoms with E-state index in [-0.39, 0.29) is 12.1 Å². The Balaban J connectivity index is 1.24. The molecular weight excluding hydrogens is 468 g/mol. The van der Waals surface area contributed by atoms with Gasteiger partial charge in [0.1, 0.15) is 6.10 Å². The van der Waals surface area contributed by atoms with Crippen molar-refractivity contribution in [1.29, 1.82) is 0 Å². The first-order chi connectivity index (χ1) is 18.7. The first-order valence-electron chi connectivity index (χ1n) is 16.9. The van der Waals surface area contributed by atoms with Crippen LogP contribution < -0.4 is 0 Å². The summed E-state index contributed by atoms with van der Waals surface area (Å²) < 4.78 is 11.1. The van der Waals surface area contributed by atoms with Crippen LogP contribution in [0.3, 0.4) is 0 Å². The number of hydrogen-bond donors (Lipinski definition) is 0. The minimum Gasteiger partial charge on any atom is -0.455 e. The van der Waals surface area contributed by atoms with E-state index in [1.54, 1.807) is 0 Å². The van der Waals surface area contributed by atoms with Crippen molar-refractivity contribution in [2.75, 3.05) is 0 Å². The second-order valence-corrected chi connectivity index (χ2v) is 12.1. The van der Waals surface area contributed by atoms with E-state index in [1.807, 2.05) is 13.0 Å². The monoisotopic (exact) mass is 530 g/mol. The first kappa shape index (κ1) is 33.1. The number of cyclic esters (lactones) is 1. The van der Waals surface area contributed by atoms with Crippen molar-refractivity contribution >= 4 is 5.97 Å². The van der Waals surface area contributed by atoms with E-state index in [0.29, 0.717) is 12.2 Å². The number of carbonyl (C=O) groups excluding carboxylic acids is 1. The lowest BCUT2D eigenvalue weighted by Crippen LogP contribution is -2.03. The Kier molecular flexibility index (Phi) is 19.8. The summed E-state index contributed by atoms with van der Waals surface area (Å²) in [6, 6.07) is 0. The van der Waals surface area contributed by atoms with Crippen LogP contribution in [0, 0.1) is 0 Å². The molecule has 0 unspecified atom stereocenters. The van der Waals surface area contributed by atoms with Crippen LogP contribution in [0.15, 0.2) is 23.8 Å². The predicted octanol–water partition coefficient (Wildman–Crippen LogP) is 11.0. The van der Waals surface area contributed by atoms with E-state index in [0.717, 1.165) is 18.4 Å². The number of ether oxygens (including phenoxy) is 2. The molecule has 2 aliphatic rings. The van der Waals surface area contributed by atoms with Gasteiger partial charge in [-0.25, -0.2) is 4.79 Å². The van der Waals surface area contributed by atoms with Gasteiger partial charge >= 0.3 is 5.97 Å². The smallest absolute Gasteiger partial charge is 0.334 e. The molecule has 0 aromatic carbocycles. The molecule has 0 spiro atoms. The zero-order valence-electron chi connectivity index (χ0n) is 25.4. The molecule has 0 aromatic rings. The topological polar surface area (TPSA) is 38.8 Å². The Morgan fingerprint density at radius 1 is 0.632 bits per heavy atom. The van der Waals surface area contributed by atoms with Crippen LogP contribution in [0.5, 0.6) is 0 Å². The van der Waals surface area contributed by atoms with Crippen LogP contribution in [0.4, 0.5) is 0 Å². The van der Waals surface area contributed by atoms with Crippen molar-refractivity contribution in [3.63, 3.8) is 0 Å². The summed E-state index contributed by atoms with van der Waals surface area (Å²) in [5.74, 6) is -0.0964. The molecule has 2 aliphatic heterocycles. The van der Waals surface area contributed by atoms with E-state index >= 15 is 0 Å². The van der Waals surface area contributed by atoms with Gasteiger partial charge in [-0.1, -0.05) is 135 Å². The number of esters is 1.